The first-order valence-corrected chi connectivity index (χ1v) is 11.4. The van der Waals surface area contributed by atoms with Crippen molar-refractivity contribution in [2.75, 3.05) is 11.9 Å². The molecule has 0 bridgehead atoms. The third-order valence-corrected chi connectivity index (χ3v) is 6.73. The smallest absolute Gasteiger partial charge is 0.184 e. The number of benzene rings is 1. The number of thiazole rings is 1. The van der Waals surface area contributed by atoms with Gasteiger partial charge in [0.15, 0.2) is 5.13 Å². The number of nitrogens with one attached hydrogen (secondary N) is 1. The summed E-state index contributed by atoms with van der Waals surface area (Å²) in [5.41, 5.74) is 2.72. The van der Waals surface area contributed by atoms with Crippen LogP contribution in [-0.2, 0) is 7.05 Å². The molecule has 2 atom stereocenters. The number of aliphatic hydroxyl groups is 1. The number of fused-ring (bicyclic) bond motifs is 1. The second kappa shape index (κ2) is 8.64. The second-order valence-electron chi connectivity index (χ2n) is 8.01. The normalized spacial score (nSPS) is 18.9. The summed E-state index contributed by atoms with van der Waals surface area (Å²) in [6.07, 6.45) is 10.0. The van der Waals surface area contributed by atoms with Crippen LogP contribution in [0.4, 0.5) is 5.13 Å². The molecule has 3 heterocycles. The highest BCUT2D eigenvalue weighted by atomic mass is 32.1. The monoisotopic (exact) mass is 435 g/mol. The van der Waals surface area contributed by atoms with Gasteiger partial charge in [0.05, 0.1) is 22.1 Å². The van der Waals surface area contributed by atoms with Gasteiger partial charge in [-0.1, -0.05) is 24.2 Å². The summed E-state index contributed by atoms with van der Waals surface area (Å²) in [5, 5.41) is 18.3. The molecule has 1 aromatic carbocycles. The maximum absolute atomic E-state index is 9.67. The van der Waals surface area contributed by atoms with E-state index in [0.29, 0.717) is 5.92 Å². The summed E-state index contributed by atoms with van der Waals surface area (Å²) in [7, 11) is 1.88. The lowest BCUT2D eigenvalue weighted by Gasteiger charge is -2.30. The third-order valence-electron chi connectivity index (χ3n) is 5.78. The number of aryl methyl sites for hydroxylation is 1. The number of hydrogen-bond acceptors (Lipinski definition) is 7. The lowest BCUT2D eigenvalue weighted by atomic mass is 9.85. The Morgan fingerprint density at radius 1 is 1.19 bits per heavy atom. The molecule has 0 saturated heterocycles. The summed E-state index contributed by atoms with van der Waals surface area (Å²) in [6.45, 7) is 0.230. The van der Waals surface area contributed by atoms with Crippen LogP contribution in [0.2, 0.25) is 0 Å². The van der Waals surface area contributed by atoms with Crippen molar-refractivity contribution >= 4 is 26.7 Å². The molecule has 1 aliphatic rings. The third kappa shape index (κ3) is 4.40. The van der Waals surface area contributed by atoms with Crippen molar-refractivity contribution < 1.29 is 9.84 Å². The molecule has 160 valence electrons. The Bertz CT molecular complexity index is 1190. The molecule has 2 N–H and O–H groups in total. The molecule has 0 aliphatic heterocycles. The van der Waals surface area contributed by atoms with Gasteiger partial charge < -0.3 is 15.2 Å². The number of ether oxygens (including phenoxy) is 1. The first kappa shape index (κ1) is 20.0. The van der Waals surface area contributed by atoms with Gasteiger partial charge in [-0.05, 0) is 31.0 Å². The maximum Gasteiger partial charge on any atom is 0.184 e. The molecule has 1 aliphatic carbocycles. The first-order chi connectivity index (χ1) is 15.2. The van der Waals surface area contributed by atoms with Gasteiger partial charge in [0.25, 0.3) is 0 Å². The summed E-state index contributed by atoms with van der Waals surface area (Å²) in [4.78, 5) is 9.15. The zero-order chi connectivity index (χ0) is 21.2. The fourth-order valence-corrected chi connectivity index (χ4v) is 5.08. The maximum atomic E-state index is 9.67. The van der Waals surface area contributed by atoms with E-state index in [0.717, 1.165) is 50.9 Å². The predicted molar refractivity (Wildman–Crippen MR) is 123 cm³/mol. The van der Waals surface area contributed by atoms with E-state index in [2.05, 4.69) is 15.4 Å². The average molecular weight is 436 g/mol. The minimum atomic E-state index is 0.230. The van der Waals surface area contributed by atoms with E-state index in [-0.39, 0.29) is 12.6 Å². The number of anilines is 1. The van der Waals surface area contributed by atoms with E-state index in [1.165, 1.54) is 12.8 Å². The Morgan fingerprint density at radius 2 is 2.06 bits per heavy atom. The van der Waals surface area contributed by atoms with Crippen molar-refractivity contribution in [2.45, 2.75) is 31.7 Å². The number of rotatable bonds is 6. The Labute approximate surface area is 184 Å². The molecular formula is C23H25N5O2S. The molecule has 31 heavy (non-hydrogen) atoms. The summed E-state index contributed by atoms with van der Waals surface area (Å²) >= 11 is 1.62. The van der Waals surface area contributed by atoms with Gasteiger partial charge in [-0.15, -0.1) is 0 Å². The molecule has 0 unspecified atom stereocenters. The largest absolute Gasteiger partial charge is 0.457 e. The van der Waals surface area contributed by atoms with Crippen LogP contribution < -0.4 is 10.1 Å². The first-order valence-electron chi connectivity index (χ1n) is 10.6. The highest BCUT2D eigenvalue weighted by Crippen LogP contribution is 2.34. The minimum Gasteiger partial charge on any atom is -0.457 e. The topological polar surface area (TPSA) is 85.1 Å². The zero-order valence-electron chi connectivity index (χ0n) is 17.4. The number of aromatic nitrogens is 4. The molecule has 3 aromatic heterocycles. The number of pyridine rings is 1. The van der Waals surface area contributed by atoms with Crippen molar-refractivity contribution in [1.82, 2.24) is 19.7 Å². The van der Waals surface area contributed by atoms with Gasteiger partial charge in [0.1, 0.15) is 11.5 Å². The molecule has 8 heteroatoms. The molecule has 0 radical (unpaired) electrons. The fourth-order valence-electron chi connectivity index (χ4n) is 4.13. The van der Waals surface area contributed by atoms with Gasteiger partial charge in [-0.25, -0.2) is 4.98 Å². The van der Waals surface area contributed by atoms with Crippen LogP contribution in [0.5, 0.6) is 11.5 Å². The highest BCUT2D eigenvalue weighted by Gasteiger charge is 2.25. The molecule has 5 rings (SSSR count). The zero-order valence-corrected chi connectivity index (χ0v) is 18.2. The molecule has 1 fully saturated rings. The fraction of sp³-hybridized carbons (Fsp3) is 0.348. The van der Waals surface area contributed by atoms with Crippen LogP contribution in [0.1, 0.15) is 25.7 Å². The highest BCUT2D eigenvalue weighted by molar-refractivity contribution is 7.22. The van der Waals surface area contributed by atoms with Crippen molar-refractivity contribution in [3.63, 3.8) is 0 Å². The van der Waals surface area contributed by atoms with Crippen molar-refractivity contribution in [2.24, 2.45) is 13.0 Å². The van der Waals surface area contributed by atoms with Gasteiger partial charge >= 0.3 is 0 Å². The molecule has 0 amide bonds. The summed E-state index contributed by atoms with van der Waals surface area (Å²) in [5.74, 6) is 1.79. The van der Waals surface area contributed by atoms with Crippen LogP contribution in [0.15, 0.2) is 48.9 Å². The van der Waals surface area contributed by atoms with Gasteiger partial charge in [0.2, 0.25) is 0 Å². The molecular weight excluding hydrogens is 410 g/mol. The molecule has 4 aromatic rings. The quantitative estimate of drug-likeness (QED) is 0.450. The number of aliphatic hydroxyl groups excluding tert-OH is 1. The number of nitrogens with zero attached hydrogens (tertiary/aromatic N) is 4. The molecule has 7 nitrogen and oxygen atoms in total. The Balaban J connectivity index is 1.33. The standard InChI is InChI=1S/C23H25N5O2S/c1-28-13-16(12-25-28)21-10-18(8-9-24-21)30-17-6-7-20-22(11-17)31-23(27-20)26-19-5-3-2-4-15(19)14-29/h6-13,15,19,29H,2-5,14H2,1H3,(H,26,27)/t15-,19+/m1/s1. The molecule has 0 spiro atoms. The van der Waals surface area contributed by atoms with E-state index in [1.807, 2.05) is 43.6 Å². The van der Waals surface area contributed by atoms with Crippen LogP contribution in [0.25, 0.3) is 21.5 Å². The van der Waals surface area contributed by atoms with Crippen molar-refractivity contribution in [1.29, 1.82) is 0 Å². The van der Waals surface area contributed by atoms with Gasteiger partial charge in [-0.3, -0.25) is 9.67 Å². The number of hydrogen-bond donors (Lipinski definition) is 2. The lowest BCUT2D eigenvalue weighted by molar-refractivity contribution is 0.178. The van der Waals surface area contributed by atoms with E-state index >= 15 is 0 Å². The van der Waals surface area contributed by atoms with Gasteiger partial charge in [0, 0.05) is 55.7 Å². The van der Waals surface area contributed by atoms with Crippen LogP contribution in [0.3, 0.4) is 0 Å². The van der Waals surface area contributed by atoms with E-state index < -0.39 is 0 Å². The summed E-state index contributed by atoms with van der Waals surface area (Å²) in [6, 6.07) is 10.00. The van der Waals surface area contributed by atoms with E-state index in [4.69, 9.17) is 9.72 Å². The lowest BCUT2D eigenvalue weighted by Crippen LogP contribution is -2.34. The Morgan fingerprint density at radius 3 is 2.90 bits per heavy atom. The van der Waals surface area contributed by atoms with E-state index in [1.54, 1.807) is 28.4 Å². The summed E-state index contributed by atoms with van der Waals surface area (Å²) < 4.78 is 8.93. The van der Waals surface area contributed by atoms with Crippen LogP contribution in [-0.4, -0.2) is 37.5 Å². The van der Waals surface area contributed by atoms with Crippen LogP contribution in [0, 0.1) is 5.92 Å². The Hall–Kier alpha value is -2.97. The minimum absolute atomic E-state index is 0.230. The van der Waals surface area contributed by atoms with Crippen LogP contribution >= 0.6 is 11.3 Å². The molecule has 1 saturated carbocycles. The van der Waals surface area contributed by atoms with Crippen molar-refractivity contribution in [3.05, 3.63) is 48.9 Å². The van der Waals surface area contributed by atoms with E-state index in [9.17, 15) is 5.11 Å². The van der Waals surface area contributed by atoms with Crippen molar-refractivity contribution in [3.8, 4) is 22.8 Å². The van der Waals surface area contributed by atoms with Gasteiger partial charge in [-0.2, -0.15) is 5.10 Å². The SMILES string of the molecule is Cn1cc(-c2cc(Oc3ccc4nc(N[C@H]5CCCC[C@@H]5CO)sc4c3)ccn2)cn1. The predicted octanol–water partition coefficient (Wildman–Crippen LogP) is 4.85. The second-order valence-corrected chi connectivity index (χ2v) is 9.04. The average Bonchev–Trinajstić information content (AvgIpc) is 3.39. The Kier molecular flexibility index (Phi) is 5.57.